The molecule has 0 saturated heterocycles. The molecular formula is C12H15NO4S. The van der Waals surface area contributed by atoms with Gasteiger partial charge in [-0.3, -0.25) is 4.79 Å². The molecule has 0 heterocycles. The molecule has 0 spiro atoms. The van der Waals surface area contributed by atoms with Crippen molar-refractivity contribution in [1.29, 1.82) is 0 Å². The molecular weight excluding hydrogens is 254 g/mol. The highest BCUT2D eigenvalue weighted by Crippen LogP contribution is 2.06. The van der Waals surface area contributed by atoms with Crippen LogP contribution < -0.4 is 4.72 Å². The smallest absolute Gasteiger partial charge is 0.322 e. The largest absolute Gasteiger partial charge is 0.480 e. The maximum absolute atomic E-state index is 11.8. The average molecular weight is 269 g/mol. The lowest BCUT2D eigenvalue weighted by Crippen LogP contribution is -2.40. The third-order valence-corrected chi connectivity index (χ3v) is 3.58. The summed E-state index contributed by atoms with van der Waals surface area (Å²) in [5.74, 6) is -1.46. The van der Waals surface area contributed by atoms with Crippen LogP contribution in [0, 0.1) is 0 Å². The molecule has 1 aromatic rings. The second kappa shape index (κ2) is 6.32. The van der Waals surface area contributed by atoms with Crippen molar-refractivity contribution < 1.29 is 18.3 Å². The van der Waals surface area contributed by atoms with Gasteiger partial charge in [0.2, 0.25) is 10.0 Å². The van der Waals surface area contributed by atoms with Crippen molar-refractivity contribution in [3.8, 4) is 0 Å². The molecule has 5 nitrogen and oxygen atoms in total. The van der Waals surface area contributed by atoms with Gasteiger partial charge in [-0.05, 0) is 12.0 Å². The minimum absolute atomic E-state index is 0.0450. The normalized spacial score (nSPS) is 12.9. The first kappa shape index (κ1) is 14.4. The minimum atomic E-state index is -3.68. The number of aliphatic carboxylic acids is 1. The van der Waals surface area contributed by atoms with E-state index in [4.69, 9.17) is 5.11 Å². The molecule has 0 radical (unpaired) electrons. The van der Waals surface area contributed by atoms with E-state index >= 15 is 0 Å². The van der Waals surface area contributed by atoms with Crippen LogP contribution in [-0.2, 0) is 20.6 Å². The molecule has 0 fully saturated rings. The molecule has 0 aliphatic carbocycles. The van der Waals surface area contributed by atoms with Crippen molar-refractivity contribution in [2.75, 3.05) is 0 Å². The molecule has 0 amide bonds. The summed E-state index contributed by atoms with van der Waals surface area (Å²) < 4.78 is 25.7. The second-order valence-electron chi connectivity index (χ2n) is 3.78. The van der Waals surface area contributed by atoms with Crippen LogP contribution in [0.25, 0.3) is 0 Å². The zero-order chi connectivity index (χ0) is 13.6. The first-order valence-corrected chi connectivity index (χ1v) is 6.97. The average Bonchev–Trinajstić information content (AvgIpc) is 2.28. The number of nitrogens with one attached hydrogen (secondary N) is 1. The fourth-order valence-corrected chi connectivity index (χ4v) is 2.76. The predicted molar refractivity (Wildman–Crippen MR) is 68.4 cm³/mol. The van der Waals surface area contributed by atoms with E-state index in [-0.39, 0.29) is 12.2 Å². The number of rotatable bonds is 7. The molecule has 18 heavy (non-hydrogen) atoms. The molecule has 6 heteroatoms. The Morgan fingerprint density at radius 2 is 2.00 bits per heavy atom. The number of sulfonamides is 1. The van der Waals surface area contributed by atoms with Gasteiger partial charge in [-0.1, -0.05) is 36.4 Å². The van der Waals surface area contributed by atoms with Crippen molar-refractivity contribution >= 4 is 16.0 Å². The van der Waals surface area contributed by atoms with Gasteiger partial charge in [0, 0.05) is 0 Å². The Balaban J connectivity index is 2.75. The summed E-state index contributed by atoms with van der Waals surface area (Å²) in [6.07, 6.45) is 1.41. The van der Waals surface area contributed by atoms with Gasteiger partial charge < -0.3 is 5.11 Å². The van der Waals surface area contributed by atoms with Crippen LogP contribution in [0.5, 0.6) is 0 Å². The number of benzene rings is 1. The van der Waals surface area contributed by atoms with Crippen molar-refractivity contribution in [2.45, 2.75) is 18.2 Å². The van der Waals surface area contributed by atoms with Gasteiger partial charge in [-0.2, -0.15) is 0 Å². The lowest BCUT2D eigenvalue weighted by atomic mass is 10.2. The summed E-state index contributed by atoms with van der Waals surface area (Å²) in [4.78, 5) is 10.8. The van der Waals surface area contributed by atoms with Crippen LogP contribution in [0.3, 0.4) is 0 Å². The van der Waals surface area contributed by atoms with Crippen LogP contribution >= 0.6 is 0 Å². The Bertz CT molecular complexity index is 510. The van der Waals surface area contributed by atoms with E-state index in [1.807, 2.05) is 0 Å². The van der Waals surface area contributed by atoms with Crippen LogP contribution in [0.1, 0.15) is 12.0 Å². The van der Waals surface area contributed by atoms with Gasteiger partial charge in [0.1, 0.15) is 6.04 Å². The molecule has 0 saturated carbocycles. The topological polar surface area (TPSA) is 83.5 Å². The van der Waals surface area contributed by atoms with Crippen molar-refractivity contribution in [1.82, 2.24) is 4.72 Å². The highest BCUT2D eigenvalue weighted by molar-refractivity contribution is 7.88. The highest BCUT2D eigenvalue weighted by atomic mass is 32.2. The second-order valence-corrected chi connectivity index (χ2v) is 5.53. The van der Waals surface area contributed by atoms with E-state index in [0.29, 0.717) is 5.56 Å². The number of carboxylic acid groups (broad SMARTS) is 1. The van der Waals surface area contributed by atoms with Crippen LogP contribution in [0.4, 0.5) is 0 Å². The summed E-state index contributed by atoms with van der Waals surface area (Å²) in [5, 5.41) is 8.86. The van der Waals surface area contributed by atoms with Crippen molar-refractivity contribution in [3.63, 3.8) is 0 Å². The van der Waals surface area contributed by atoms with E-state index in [2.05, 4.69) is 11.3 Å². The van der Waals surface area contributed by atoms with Crippen molar-refractivity contribution in [2.24, 2.45) is 0 Å². The lowest BCUT2D eigenvalue weighted by Gasteiger charge is -2.12. The van der Waals surface area contributed by atoms with Gasteiger partial charge >= 0.3 is 5.97 Å². The third kappa shape index (κ3) is 4.68. The van der Waals surface area contributed by atoms with E-state index in [0.717, 1.165) is 0 Å². The van der Waals surface area contributed by atoms with Gasteiger partial charge in [0.15, 0.2) is 0 Å². The van der Waals surface area contributed by atoms with Crippen molar-refractivity contribution in [3.05, 3.63) is 48.6 Å². The Hall–Kier alpha value is -1.66. The Morgan fingerprint density at radius 3 is 2.50 bits per heavy atom. The fourth-order valence-electron chi connectivity index (χ4n) is 1.42. The van der Waals surface area contributed by atoms with Crippen LogP contribution in [-0.4, -0.2) is 25.5 Å². The number of hydrogen-bond acceptors (Lipinski definition) is 3. The lowest BCUT2D eigenvalue weighted by molar-refractivity contribution is -0.138. The van der Waals surface area contributed by atoms with E-state index in [1.165, 1.54) is 6.08 Å². The maximum atomic E-state index is 11.8. The molecule has 1 unspecified atom stereocenters. The molecule has 1 aromatic carbocycles. The van der Waals surface area contributed by atoms with E-state index in [1.54, 1.807) is 30.3 Å². The number of carbonyl (C=O) groups is 1. The maximum Gasteiger partial charge on any atom is 0.322 e. The zero-order valence-corrected chi connectivity index (χ0v) is 10.6. The fraction of sp³-hybridized carbons (Fsp3) is 0.250. The number of carboxylic acids is 1. The zero-order valence-electron chi connectivity index (χ0n) is 9.74. The molecule has 1 rings (SSSR count). The SMILES string of the molecule is C=CCC(NS(=O)(=O)Cc1ccccc1)C(=O)O. The quantitative estimate of drug-likeness (QED) is 0.727. The molecule has 0 aliphatic heterocycles. The van der Waals surface area contributed by atoms with Gasteiger partial charge in [-0.15, -0.1) is 6.58 Å². The molecule has 0 bridgehead atoms. The van der Waals surface area contributed by atoms with Gasteiger partial charge in [0.05, 0.1) is 5.75 Å². The monoisotopic (exact) mass is 269 g/mol. The first-order valence-electron chi connectivity index (χ1n) is 5.32. The standard InChI is InChI=1S/C12H15NO4S/c1-2-6-11(12(14)15)13-18(16,17)9-10-7-4-3-5-8-10/h2-5,7-8,11,13H,1,6,9H2,(H,14,15). The summed E-state index contributed by atoms with van der Waals surface area (Å²) in [6.45, 7) is 3.40. The van der Waals surface area contributed by atoms with Gasteiger partial charge in [0.25, 0.3) is 0 Å². The molecule has 1 atom stereocenters. The molecule has 2 N–H and O–H groups in total. The molecule has 0 aliphatic rings. The molecule has 98 valence electrons. The Kier molecular flexibility index (Phi) is 5.06. The summed E-state index contributed by atoms with van der Waals surface area (Å²) in [5.41, 5.74) is 0.604. The van der Waals surface area contributed by atoms with Crippen LogP contribution in [0.2, 0.25) is 0 Å². The Morgan fingerprint density at radius 1 is 1.39 bits per heavy atom. The third-order valence-electron chi connectivity index (χ3n) is 2.22. The van der Waals surface area contributed by atoms with Gasteiger partial charge in [-0.25, -0.2) is 13.1 Å². The van der Waals surface area contributed by atoms with E-state index < -0.39 is 22.0 Å². The Labute approximate surface area is 106 Å². The van der Waals surface area contributed by atoms with Crippen LogP contribution in [0.15, 0.2) is 43.0 Å². The minimum Gasteiger partial charge on any atom is -0.480 e. The molecule has 0 aromatic heterocycles. The number of hydrogen-bond donors (Lipinski definition) is 2. The summed E-state index contributed by atoms with van der Waals surface area (Å²) in [6, 6.07) is 7.40. The summed E-state index contributed by atoms with van der Waals surface area (Å²) in [7, 11) is -3.68. The summed E-state index contributed by atoms with van der Waals surface area (Å²) >= 11 is 0. The predicted octanol–water partition coefficient (Wildman–Crippen LogP) is 1.14. The highest BCUT2D eigenvalue weighted by Gasteiger charge is 2.22. The van der Waals surface area contributed by atoms with E-state index in [9.17, 15) is 13.2 Å². The first-order chi connectivity index (χ1) is 8.44.